The molecule has 0 atom stereocenters. The van der Waals surface area contributed by atoms with Crippen molar-refractivity contribution < 1.29 is 0 Å². The van der Waals surface area contributed by atoms with Gasteiger partial charge in [0, 0.05) is 84.8 Å². The molecule has 0 spiro atoms. The Morgan fingerprint density at radius 2 is 0.399 bits per heavy atom. The van der Waals surface area contributed by atoms with E-state index in [1.807, 2.05) is 134 Å². The van der Waals surface area contributed by atoms with E-state index in [2.05, 4.69) is 379 Å². The Labute approximate surface area is 824 Å². The van der Waals surface area contributed by atoms with Crippen LogP contribution in [0.1, 0.15) is 11.1 Å². The molecule has 14 heteroatoms. The number of hydrogen-bond acceptors (Lipinski definition) is 11. The van der Waals surface area contributed by atoms with Crippen LogP contribution in [0.25, 0.3) is 251 Å². The molecule has 27 rings (SSSR count). The smallest absolute Gasteiger partial charge is 0.164 e. The first-order valence-corrected chi connectivity index (χ1v) is 47.9. The monoisotopic (exact) mass is 1830 g/mol. The summed E-state index contributed by atoms with van der Waals surface area (Å²) in [7, 11) is 0. The van der Waals surface area contributed by atoms with Crippen molar-refractivity contribution in [2.45, 2.75) is 13.8 Å². The normalized spacial score (nSPS) is 11.4. The molecule has 0 saturated carbocycles. The third-order valence-electron chi connectivity index (χ3n) is 26.6. The zero-order valence-electron chi connectivity index (χ0n) is 77.9. The SMILES string of the molecule is Cc1ccc(-c2cc(-c3cccc(-c4nc5ccccc5c5nc6ccccn6c45)c3)nc(-c3ccc(C)cc3)n2)cc1.c1ccc(-c2ccc(-c3cc(-c4ccc(-c5ccccc5)cc4)cc(-c4cccc(-c5nc6ccccc6c6nc7ccccn7c56)c4)c3)cc2)cc1.c1ccc(-c2ccc(-c3nc(-c4ccccc4)nc(-c4cccc(-c5nc6ccccc6c6nc7ccccn7c56)c4)n3)cc2)cc1. The number of fused-ring (bicyclic) bond motifs is 15. The summed E-state index contributed by atoms with van der Waals surface area (Å²) in [6, 6.07) is 162. The van der Waals surface area contributed by atoms with E-state index in [0.29, 0.717) is 23.3 Å². The molecule has 14 nitrogen and oxygen atoms in total. The Bertz CT molecular complexity index is 9340. The summed E-state index contributed by atoms with van der Waals surface area (Å²) in [6.45, 7) is 4.19. The molecular formula is C129H86N14. The van der Waals surface area contributed by atoms with E-state index in [1.54, 1.807) is 0 Å². The number of pyridine rings is 6. The minimum Gasteiger partial charge on any atom is -0.298 e. The molecule has 672 valence electrons. The lowest BCUT2D eigenvalue weighted by atomic mass is 9.91. The summed E-state index contributed by atoms with van der Waals surface area (Å²) in [6.07, 6.45) is 6.18. The first-order valence-electron chi connectivity index (χ1n) is 47.9. The molecule has 0 bridgehead atoms. The van der Waals surface area contributed by atoms with Crippen LogP contribution in [0.2, 0.25) is 0 Å². The predicted molar refractivity (Wildman–Crippen MR) is 584 cm³/mol. The maximum Gasteiger partial charge on any atom is 0.164 e. The fourth-order valence-electron chi connectivity index (χ4n) is 19.3. The van der Waals surface area contributed by atoms with Crippen LogP contribution in [0.3, 0.4) is 0 Å². The van der Waals surface area contributed by atoms with Crippen molar-refractivity contribution in [3.8, 4) is 169 Å². The molecular weight excluding hydrogens is 1750 g/mol. The van der Waals surface area contributed by atoms with Crippen LogP contribution >= 0.6 is 0 Å². The Morgan fingerprint density at radius 3 is 0.790 bits per heavy atom. The Kier molecular flexibility index (Phi) is 22.1. The van der Waals surface area contributed by atoms with E-state index < -0.39 is 0 Å². The minimum absolute atomic E-state index is 0.595. The Hall–Kier alpha value is -19.3. The number of aryl methyl sites for hydroxylation is 2. The van der Waals surface area contributed by atoms with Crippen molar-refractivity contribution in [1.82, 2.24) is 68.0 Å². The highest BCUT2D eigenvalue weighted by Crippen LogP contribution is 2.43. The molecule has 0 aliphatic heterocycles. The van der Waals surface area contributed by atoms with Crippen LogP contribution in [0.15, 0.2) is 486 Å². The van der Waals surface area contributed by atoms with Gasteiger partial charge in [0.2, 0.25) is 0 Å². The van der Waals surface area contributed by atoms with E-state index in [9.17, 15) is 0 Å². The second-order valence-electron chi connectivity index (χ2n) is 35.9. The molecule has 0 aliphatic rings. The Morgan fingerprint density at radius 1 is 0.154 bits per heavy atom. The summed E-state index contributed by atoms with van der Waals surface area (Å²) in [4.78, 5) is 55.8. The summed E-state index contributed by atoms with van der Waals surface area (Å²) >= 11 is 0. The summed E-state index contributed by atoms with van der Waals surface area (Å²) in [5.74, 6) is 2.53. The number of nitrogens with zero attached hydrogens (tertiary/aromatic N) is 14. The van der Waals surface area contributed by atoms with E-state index in [-0.39, 0.29) is 0 Å². The number of aromatic nitrogens is 14. The van der Waals surface area contributed by atoms with Gasteiger partial charge in [0.25, 0.3) is 0 Å². The first kappa shape index (κ1) is 85.4. The third kappa shape index (κ3) is 16.7. The lowest BCUT2D eigenvalue weighted by molar-refractivity contribution is 1.07. The van der Waals surface area contributed by atoms with Gasteiger partial charge in [-0.2, -0.15) is 0 Å². The number of imidazole rings is 3. The number of rotatable bonds is 15. The largest absolute Gasteiger partial charge is 0.298 e. The van der Waals surface area contributed by atoms with E-state index in [1.165, 1.54) is 61.2 Å². The molecule has 0 radical (unpaired) electrons. The quantitative estimate of drug-likeness (QED) is 0.0963. The van der Waals surface area contributed by atoms with Crippen LogP contribution in [0.5, 0.6) is 0 Å². The molecule has 11 aromatic heterocycles. The lowest BCUT2D eigenvalue weighted by Crippen LogP contribution is -2.00. The molecule has 0 saturated heterocycles. The molecule has 0 fully saturated rings. The second kappa shape index (κ2) is 37.0. The van der Waals surface area contributed by atoms with E-state index in [4.69, 9.17) is 54.8 Å². The molecule has 16 aromatic carbocycles. The fourth-order valence-corrected chi connectivity index (χ4v) is 19.3. The number of benzene rings is 16. The summed E-state index contributed by atoms with van der Waals surface area (Å²) < 4.78 is 6.41. The van der Waals surface area contributed by atoms with Crippen molar-refractivity contribution in [2.75, 3.05) is 0 Å². The average molecular weight is 1830 g/mol. The highest BCUT2D eigenvalue weighted by molar-refractivity contribution is 6.12. The summed E-state index contributed by atoms with van der Waals surface area (Å²) in [5, 5.41) is 3.13. The molecule has 11 heterocycles. The zero-order chi connectivity index (χ0) is 95.2. The third-order valence-corrected chi connectivity index (χ3v) is 26.6. The molecule has 0 amide bonds. The van der Waals surface area contributed by atoms with Gasteiger partial charge >= 0.3 is 0 Å². The van der Waals surface area contributed by atoms with Gasteiger partial charge in [-0.3, -0.25) is 13.2 Å². The topological polar surface area (TPSA) is 155 Å². The number of para-hydroxylation sites is 3. The van der Waals surface area contributed by atoms with Gasteiger partial charge in [-0.25, -0.2) is 54.8 Å². The first-order chi connectivity index (χ1) is 70.6. The maximum atomic E-state index is 5.27. The average Bonchev–Trinajstić information content (AvgIpc) is 1.60. The lowest BCUT2D eigenvalue weighted by Gasteiger charge is -2.14. The number of hydrogen-bond donors (Lipinski definition) is 0. The second-order valence-corrected chi connectivity index (χ2v) is 35.9. The minimum atomic E-state index is 0.595. The van der Waals surface area contributed by atoms with Gasteiger partial charge in [0.1, 0.15) is 33.5 Å². The van der Waals surface area contributed by atoms with Crippen molar-refractivity contribution >= 4 is 82.8 Å². The molecule has 0 N–H and O–H groups in total. The summed E-state index contributed by atoms with van der Waals surface area (Å²) in [5.41, 5.74) is 41.0. The molecule has 0 aliphatic carbocycles. The van der Waals surface area contributed by atoms with E-state index in [0.717, 1.165) is 178 Å². The van der Waals surface area contributed by atoms with Crippen molar-refractivity contribution in [1.29, 1.82) is 0 Å². The van der Waals surface area contributed by atoms with Crippen LogP contribution < -0.4 is 0 Å². The molecule has 0 unspecified atom stereocenters. The maximum absolute atomic E-state index is 5.27. The molecule has 143 heavy (non-hydrogen) atoms. The van der Waals surface area contributed by atoms with Crippen LogP contribution in [-0.4, -0.2) is 68.0 Å². The standard InChI is InChI=1S/C50H33N3.C41H26N6.C38H27N5/c1-3-12-34(13-4-1)36-21-25-38(26-22-36)42-31-43(39-27-23-37(24-28-39)35-14-5-2-6-15-35)33-44(32-42)40-16-11-17-41(30-40)48-50-49(45-18-7-8-19-46(45)51-48)52-47-20-9-10-29-53(47)50;1-3-12-27(13-4-1)28-21-23-30(24-22-28)40-44-39(29-14-5-2-6-15-29)45-41(46-40)32-17-11-16-31(26-32)36-38-37(33-18-7-8-19-34(33)42-36)43-35-20-9-10-25-47(35)38;1-24-13-17-26(18-14-24)32-23-33(41-38(40-32)27-19-15-25(2)16-20-27)28-8-7-9-29(22-28)35-37-36(30-10-3-4-11-31(30)39-35)42-34-12-5-6-21-43(34)37/h1-33H;1-26H;3-23H,1-2H3. The van der Waals surface area contributed by atoms with Gasteiger partial charge in [-0.15, -0.1) is 0 Å². The Balaban J connectivity index is 0.000000113. The highest BCUT2D eigenvalue weighted by Gasteiger charge is 2.24. The highest BCUT2D eigenvalue weighted by atomic mass is 15.1. The van der Waals surface area contributed by atoms with Gasteiger partial charge < -0.3 is 0 Å². The van der Waals surface area contributed by atoms with Crippen LogP contribution in [-0.2, 0) is 0 Å². The van der Waals surface area contributed by atoms with Gasteiger partial charge in [-0.1, -0.05) is 381 Å². The van der Waals surface area contributed by atoms with Crippen molar-refractivity contribution in [2.24, 2.45) is 0 Å². The van der Waals surface area contributed by atoms with Crippen LogP contribution in [0.4, 0.5) is 0 Å². The molecule has 27 aromatic rings. The van der Waals surface area contributed by atoms with E-state index >= 15 is 0 Å². The van der Waals surface area contributed by atoms with Crippen molar-refractivity contribution in [3.05, 3.63) is 497 Å². The van der Waals surface area contributed by atoms with Crippen molar-refractivity contribution in [3.63, 3.8) is 0 Å². The fraction of sp³-hybridized carbons (Fsp3) is 0.0155. The van der Waals surface area contributed by atoms with Crippen LogP contribution in [0, 0.1) is 13.8 Å². The van der Waals surface area contributed by atoms with Gasteiger partial charge in [-0.05, 0) is 178 Å². The predicted octanol–water partition coefficient (Wildman–Crippen LogP) is 31.7. The zero-order valence-corrected chi connectivity index (χ0v) is 77.9. The van der Waals surface area contributed by atoms with Gasteiger partial charge in [0.05, 0.1) is 61.6 Å². The van der Waals surface area contributed by atoms with Gasteiger partial charge in [0.15, 0.2) is 23.3 Å².